The van der Waals surface area contributed by atoms with E-state index >= 15 is 0 Å². The van der Waals surface area contributed by atoms with Gasteiger partial charge in [-0.25, -0.2) is 0 Å². The third kappa shape index (κ3) is 2.84. The van der Waals surface area contributed by atoms with Crippen molar-refractivity contribution in [2.75, 3.05) is 27.2 Å². The molecule has 1 saturated heterocycles. The second kappa shape index (κ2) is 5.30. The van der Waals surface area contributed by atoms with Gasteiger partial charge in [-0.1, -0.05) is 6.07 Å². The molecule has 0 aliphatic carbocycles. The normalized spacial score (nSPS) is 27.1. The molecule has 2 rings (SSSR count). The number of piperidine rings is 1. The highest BCUT2D eigenvalue weighted by Crippen LogP contribution is 2.26. The molecule has 1 atom stereocenters. The standard InChI is InChI=1S/C13H22N2S/c1-14-13(7-4-9-15(2)11-13)8-6-12-5-3-10-16-12/h3,5,10,14H,4,6-9,11H2,1-2H3. The topological polar surface area (TPSA) is 15.3 Å². The molecule has 0 radical (unpaired) electrons. The van der Waals surface area contributed by atoms with E-state index in [9.17, 15) is 0 Å². The van der Waals surface area contributed by atoms with E-state index in [1.165, 1.54) is 43.6 Å². The first-order chi connectivity index (χ1) is 7.74. The van der Waals surface area contributed by atoms with Crippen LogP contribution in [-0.4, -0.2) is 37.6 Å². The maximum atomic E-state index is 3.57. The summed E-state index contributed by atoms with van der Waals surface area (Å²) in [5.41, 5.74) is 0.344. The molecule has 2 nitrogen and oxygen atoms in total. The fourth-order valence-corrected chi connectivity index (χ4v) is 3.42. The predicted molar refractivity (Wildman–Crippen MR) is 71.2 cm³/mol. The summed E-state index contributed by atoms with van der Waals surface area (Å²) in [7, 11) is 4.35. The van der Waals surface area contributed by atoms with E-state index in [1.54, 1.807) is 0 Å². The highest BCUT2D eigenvalue weighted by molar-refractivity contribution is 7.09. The van der Waals surface area contributed by atoms with Crippen molar-refractivity contribution in [2.24, 2.45) is 0 Å². The lowest BCUT2D eigenvalue weighted by atomic mass is 9.85. The Labute approximate surface area is 103 Å². The summed E-state index contributed by atoms with van der Waals surface area (Å²) in [4.78, 5) is 3.97. The highest BCUT2D eigenvalue weighted by atomic mass is 32.1. The first kappa shape index (κ1) is 12.1. The molecule has 3 heteroatoms. The number of nitrogens with one attached hydrogen (secondary N) is 1. The summed E-state index contributed by atoms with van der Waals surface area (Å²) in [5.74, 6) is 0. The Hall–Kier alpha value is -0.380. The van der Waals surface area contributed by atoms with Crippen LogP contribution < -0.4 is 5.32 Å². The Morgan fingerprint density at radius 2 is 2.44 bits per heavy atom. The monoisotopic (exact) mass is 238 g/mol. The molecule has 0 saturated carbocycles. The Balaban J connectivity index is 1.93. The Kier molecular flexibility index (Phi) is 4.00. The van der Waals surface area contributed by atoms with Crippen molar-refractivity contribution in [3.8, 4) is 0 Å². The minimum Gasteiger partial charge on any atom is -0.313 e. The van der Waals surface area contributed by atoms with Crippen molar-refractivity contribution in [3.63, 3.8) is 0 Å². The molecule has 0 amide bonds. The summed E-state index contributed by atoms with van der Waals surface area (Å²) in [6.45, 7) is 2.44. The fraction of sp³-hybridized carbons (Fsp3) is 0.692. The molecule has 1 aromatic rings. The summed E-state index contributed by atoms with van der Waals surface area (Å²) in [6.07, 6.45) is 5.11. The van der Waals surface area contributed by atoms with Crippen LogP contribution in [0.4, 0.5) is 0 Å². The average molecular weight is 238 g/mol. The van der Waals surface area contributed by atoms with Gasteiger partial charge in [-0.3, -0.25) is 0 Å². The number of hydrogen-bond donors (Lipinski definition) is 1. The minimum absolute atomic E-state index is 0.344. The van der Waals surface area contributed by atoms with Crippen LogP contribution in [0.3, 0.4) is 0 Å². The molecular weight excluding hydrogens is 216 g/mol. The van der Waals surface area contributed by atoms with E-state index in [2.05, 4.69) is 41.8 Å². The van der Waals surface area contributed by atoms with E-state index in [1.807, 2.05) is 11.3 Å². The van der Waals surface area contributed by atoms with E-state index in [0.717, 1.165) is 0 Å². The maximum absolute atomic E-state index is 3.57. The highest BCUT2D eigenvalue weighted by Gasteiger charge is 2.32. The smallest absolute Gasteiger partial charge is 0.0309 e. The summed E-state index contributed by atoms with van der Waals surface area (Å²) in [5, 5.41) is 5.75. The van der Waals surface area contributed by atoms with Gasteiger partial charge in [-0.05, 0) is 57.8 Å². The molecule has 0 spiro atoms. The summed E-state index contributed by atoms with van der Waals surface area (Å²) >= 11 is 1.88. The zero-order valence-corrected chi connectivity index (χ0v) is 11.1. The van der Waals surface area contributed by atoms with Crippen LogP contribution in [0, 0.1) is 0 Å². The lowest BCUT2D eigenvalue weighted by Crippen LogP contribution is -2.55. The summed E-state index contributed by atoms with van der Waals surface area (Å²) in [6, 6.07) is 4.40. The van der Waals surface area contributed by atoms with Gasteiger partial charge in [0.15, 0.2) is 0 Å². The Morgan fingerprint density at radius 1 is 1.56 bits per heavy atom. The van der Waals surface area contributed by atoms with Crippen LogP contribution in [0.1, 0.15) is 24.1 Å². The van der Waals surface area contributed by atoms with E-state index < -0.39 is 0 Å². The molecule has 1 unspecified atom stereocenters. The third-order valence-corrected chi connectivity index (χ3v) is 4.66. The Morgan fingerprint density at radius 3 is 3.06 bits per heavy atom. The lowest BCUT2D eigenvalue weighted by molar-refractivity contribution is 0.143. The minimum atomic E-state index is 0.344. The molecule has 1 N–H and O–H groups in total. The van der Waals surface area contributed by atoms with Crippen molar-refractivity contribution in [3.05, 3.63) is 22.4 Å². The zero-order valence-electron chi connectivity index (χ0n) is 10.3. The molecule has 16 heavy (non-hydrogen) atoms. The van der Waals surface area contributed by atoms with Crippen LogP contribution >= 0.6 is 11.3 Å². The van der Waals surface area contributed by atoms with Crippen molar-refractivity contribution in [1.82, 2.24) is 10.2 Å². The molecule has 1 aromatic heterocycles. The van der Waals surface area contributed by atoms with Crippen molar-refractivity contribution >= 4 is 11.3 Å². The second-order valence-corrected chi connectivity index (χ2v) is 5.98. The van der Waals surface area contributed by atoms with E-state index in [0.29, 0.717) is 5.54 Å². The molecule has 1 aliphatic heterocycles. The van der Waals surface area contributed by atoms with E-state index in [-0.39, 0.29) is 0 Å². The van der Waals surface area contributed by atoms with Gasteiger partial charge in [-0.15, -0.1) is 11.3 Å². The molecule has 90 valence electrons. The number of rotatable bonds is 4. The molecule has 0 bridgehead atoms. The van der Waals surface area contributed by atoms with Crippen LogP contribution in [0.15, 0.2) is 17.5 Å². The van der Waals surface area contributed by atoms with Gasteiger partial charge in [-0.2, -0.15) is 0 Å². The maximum Gasteiger partial charge on any atom is 0.0309 e. The van der Waals surface area contributed by atoms with Crippen molar-refractivity contribution < 1.29 is 0 Å². The number of hydrogen-bond acceptors (Lipinski definition) is 3. The van der Waals surface area contributed by atoms with E-state index in [4.69, 9.17) is 0 Å². The lowest BCUT2D eigenvalue weighted by Gasteiger charge is -2.41. The van der Waals surface area contributed by atoms with Gasteiger partial charge in [0.25, 0.3) is 0 Å². The second-order valence-electron chi connectivity index (χ2n) is 4.95. The van der Waals surface area contributed by atoms with Crippen LogP contribution in [-0.2, 0) is 6.42 Å². The van der Waals surface area contributed by atoms with Gasteiger partial charge >= 0.3 is 0 Å². The quantitative estimate of drug-likeness (QED) is 0.866. The number of likely N-dealkylation sites (N-methyl/N-ethyl adjacent to an activating group) is 2. The summed E-state index contributed by atoms with van der Waals surface area (Å²) < 4.78 is 0. The third-order valence-electron chi connectivity index (χ3n) is 3.73. The molecule has 1 fully saturated rings. The average Bonchev–Trinajstić information content (AvgIpc) is 2.79. The molecule has 2 heterocycles. The molecule has 0 aromatic carbocycles. The van der Waals surface area contributed by atoms with Gasteiger partial charge in [0.1, 0.15) is 0 Å². The number of aryl methyl sites for hydroxylation is 1. The predicted octanol–water partition coefficient (Wildman–Crippen LogP) is 2.36. The molecular formula is C13H22N2S. The number of likely N-dealkylation sites (tertiary alicyclic amines) is 1. The Bertz CT molecular complexity index is 310. The first-order valence-electron chi connectivity index (χ1n) is 6.14. The number of thiophene rings is 1. The van der Waals surface area contributed by atoms with Gasteiger partial charge < -0.3 is 10.2 Å². The van der Waals surface area contributed by atoms with Gasteiger partial charge in [0.2, 0.25) is 0 Å². The number of nitrogens with zero attached hydrogens (tertiary/aromatic N) is 1. The largest absolute Gasteiger partial charge is 0.313 e. The van der Waals surface area contributed by atoms with Crippen molar-refractivity contribution in [1.29, 1.82) is 0 Å². The SMILES string of the molecule is CNC1(CCc2cccs2)CCCN(C)C1. The fourth-order valence-electron chi connectivity index (χ4n) is 2.71. The van der Waals surface area contributed by atoms with Gasteiger partial charge in [0.05, 0.1) is 0 Å². The van der Waals surface area contributed by atoms with Crippen LogP contribution in [0.25, 0.3) is 0 Å². The first-order valence-corrected chi connectivity index (χ1v) is 7.02. The van der Waals surface area contributed by atoms with Crippen molar-refractivity contribution in [2.45, 2.75) is 31.2 Å². The zero-order chi connectivity index (χ0) is 11.4. The van der Waals surface area contributed by atoms with Crippen LogP contribution in [0.2, 0.25) is 0 Å². The van der Waals surface area contributed by atoms with Crippen LogP contribution in [0.5, 0.6) is 0 Å². The molecule has 1 aliphatic rings. The van der Waals surface area contributed by atoms with Gasteiger partial charge in [0, 0.05) is 17.0 Å².